The molecule has 0 radical (unpaired) electrons. The highest BCUT2D eigenvalue weighted by Gasteiger charge is 2.07. The van der Waals surface area contributed by atoms with Gasteiger partial charge in [-0.05, 0) is 41.8 Å². The first-order valence-electron chi connectivity index (χ1n) is 10.3. The molecule has 0 aliphatic rings. The molecule has 31 heavy (non-hydrogen) atoms. The van der Waals surface area contributed by atoms with Crippen LogP contribution in [0, 0.1) is 0 Å². The van der Waals surface area contributed by atoms with Crippen LogP contribution >= 0.6 is 11.6 Å². The van der Waals surface area contributed by atoms with Gasteiger partial charge in [-0.25, -0.2) is 4.98 Å². The van der Waals surface area contributed by atoms with E-state index in [4.69, 9.17) is 11.6 Å². The Labute approximate surface area is 187 Å². The Morgan fingerprint density at radius 1 is 1.16 bits per heavy atom. The van der Waals surface area contributed by atoms with Gasteiger partial charge in [0.2, 0.25) is 5.91 Å². The second-order valence-electron chi connectivity index (χ2n) is 7.24. The number of benzene rings is 1. The van der Waals surface area contributed by atoms with Gasteiger partial charge in [-0.1, -0.05) is 49.6 Å². The van der Waals surface area contributed by atoms with Crippen LogP contribution in [0.25, 0.3) is 6.08 Å². The summed E-state index contributed by atoms with van der Waals surface area (Å²) >= 11 is 6.01. The molecule has 1 amide bonds. The molecule has 3 aromatic rings. The van der Waals surface area contributed by atoms with Crippen molar-refractivity contribution in [2.75, 3.05) is 5.32 Å². The lowest BCUT2D eigenvalue weighted by molar-refractivity contribution is -0.111. The fourth-order valence-corrected chi connectivity index (χ4v) is 3.24. The average Bonchev–Trinajstić information content (AvgIpc) is 3.19. The topological polar surface area (TPSA) is 76.9 Å². The van der Waals surface area contributed by atoms with Crippen molar-refractivity contribution in [1.29, 1.82) is 0 Å². The number of hydrogen-bond donors (Lipinski definition) is 1. The standard InChI is InChI=1S/C24H25ClN4O2/c1-2-3-4-8-22(30)21-11-9-18(14-26-21)10-12-24(31)28-23-16-29(17-27-23)15-19-6-5-7-20(25)13-19/h5-7,9-14,16-17H,2-4,8,15H2,1H3,(H,28,31)/b12-10+. The molecule has 0 bridgehead atoms. The average molecular weight is 437 g/mol. The van der Waals surface area contributed by atoms with Crippen LogP contribution in [0.4, 0.5) is 5.82 Å². The number of ketones is 1. The van der Waals surface area contributed by atoms with E-state index in [1.165, 1.54) is 6.08 Å². The van der Waals surface area contributed by atoms with Crippen LogP contribution in [0.5, 0.6) is 0 Å². The lowest BCUT2D eigenvalue weighted by Crippen LogP contribution is -2.08. The molecule has 7 heteroatoms. The molecule has 0 saturated heterocycles. The number of imidazole rings is 1. The van der Waals surface area contributed by atoms with E-state index in [-0.39, 0.29) is 11.7 Å². The number of amides is 1. The minimum atomic E-state index is -0.298. The minimum Gasteiger partial charge on any atom is -0.331 e. The summed E-state index contributed by atoms with van der Waals surface area (Å²) < 4.78 is 1.87. The Morgan fingerprint density at radius 2 is 2.03 bits per heavy atom. The van der Waals surface area contributed by atoms with E-state index in [2.05, 4.69) is 22.2 Å². The molecule has 3 rings (SSSR count). The number of halogens is 1. The highest BCUT2D eigenvalue weighted by molar-refractivity contribution is 6.30. The van der Waals surface area contributed by atoms with Crippen molar-refractivity contribution >= 4 is 35.2 Å². The maximum Gasteiger partial charge on any atom is 0.249 e. The van der Waals surface area contributed by atoms with Gasteiger partial charge in [0.15, 0.2) is 11.6 Å². The quantitative estimate of drug-likeness (QED) is 0.262. The van der Waals surface area contributed by atoms with Crippen LogP contribution in [0.15, 0.2) is 61.2 Å². The smallest absolute Gasteiger partial charge is 0.249 e. The van der Waals surface area contributed by atoms with E-state index in [1.807, 2.05) is 28.8 Å². The maximum atomic E-state index is 12.2. The molecular weight excluding hydrogens is 412 g/mol. The zero-order valence-electron chi connectivity index (χ0n) is 17.4. The van der Waals surface area contributed by atoms with Gasteiger partial charge in [0, 0.05) is 36.5 Å². The van der Waals surface area contributed by atoms with Crippen LogP contribution < -0.4 is 5.32 Å². The predicted molar refractivity (Wildman–Crippen MR) is 123 cm³/mol. The van der Waals surface area contributed by atoms with Crippen molar-refractivity contribution in [3.8, 4) is 0 Å². The SMILES string of the molecule is CCCCCC(=O)c1ccc(/C=C/C(=O)Nc2cn(Cc3cccc(Cl)c3)cn2)cn1. The van der Waals surface area contributed by atoms with Gasteiger partial charge in [0.1, 0.15) is 5.69 Å². The van der Waals surface area contributed by atoms with Crippen molar-refractivity contribution in [3.63, 3.8) is 0 Å². The third-order valence-corrected chi connectivity index (χ3v) is 4.88. The van der Waals surface area contributed by atoms with Crippen molar-refractivity contribution in [1.82, 2.24) is 14.5 Å². The molecule has 0 unspecified atom stereocenters. The Hall–Kier alpha value is -3.25. The first kappa shape index (κ1) is 22.4. The third kappa shape index (κ3) is 7.19. The van der Waals surface area contributed by atoms with E-state index in [0.29, 0.717) is 29.5 Å². The van der Waals surface area contributed by atoms with E-state index in [0.717, 1.165) is 30.4 Å². The molecule has 0 aliphatic carbocycles. The second-order valence-corrected chi connectivity index (χ2v) is 7.68. The fourth-order valence-electron chi connectivity index (χ4n) is 3.03. The second kappa shape index (κ2) is 11.2. The number of nitrogens with zero attached hydrogens (tertiary/aromatic N) is 3. The molecular formula is C24H25ClN4O2. The van der Waals surface area contributed by atoms with Gasteiger partial charge in [0.25, 0.3) is 0 Å². The lowest BCUT2D eigenvalue weighted by Gasteiger charge is -2.02. The van der Waals surface area contributed by atoms with Gasteiger partial charge in [-0.3, -0.25) is 14.6 Å². The molecule has 2 heterocycles. The number of carbonyl (C=O) groups excluding carboxylic acids is 2. The number of Topliss-reactive ketones (excluding diaryl/α,β-unsaturated/α-hetero) is 1. The summed E-state index contributed by atoms with van der Waals surface area (Å²) in [5.74, 6) is 0.214. The summed E-state index contributed by atoms with van der Waals surface area (Å²) in [6.07, 6.45) is 11.6. The fraction of sp³-hybridized carbons (Fsp3) is 0.250. The van der Waals surface area contributed by atoms with Crippen molar-refractivity contribution < 1.29 is 9.59 Å². The normalized spacial score (nSPS) is 11.0. The highest BCUT2D eigenvalue weighted by Crippen LogP contribution is 2.13. The number of rotatable bonds is 10. The molecule has 0 fully saturated rings. The van der Waals surface area contributed by atoms with Gasteiger partial charge in [-0.15, -0.1) is 0 Å². The summed E-state index contributed by atoms with van der Waals surface area (Å²) in [6, 6.07) is 11.1. The molecule has 0 spiro atoms. The number of anilines is 1. The highest BCUT2D eigenvalue weighted by atomic mass is 35.5. The van der Waals surface area contributed by atoms with Gasteiger partial charge in [-0.2, -0.15) is 0 Å². The summed E-state index contributed by atoms with van der Waals surface area (Å²) in [4.78, 5) is 32.7. The van der Waals surface area contributed by atoms with Crippen LogP contribution in [0.1, 0.15) is 54.2 Å². The Bertz CT molecular complexity index is 1060. The summed E-state index contributed by atoms with van der Waals surface area (Å²) in [5.41, 5.74) is 2.25. The maximum absolute atomic E-state index is 12.2. The summed E-state index contributed by atoms with van der Waals surface area (Å²) in [5, 5.41) is 3.41. The molecule has 0 aliphatic heterocycles. The number of carbonyl (C=O) groups is 2. The Kier molecular flexibility index (Phi) is 8.12. The van der Waals surface area contributed by atoms with Crippen molar-refractivity contribution in [3.05, 3.63) is 83.0 Å². The van der Waals surface area contributed by atoms with E-state index >= 15 is 0 Å². The van der Waals surface area contributed by atoms with E-state index in [1.54, 1.807) is 36.9 Å². The van der Waals surface area contributed by atoms with E-state index in [9.17, 15) is 9.59 Å². The van der Waals surface area contributed by atoms with Crippen LogP contribution in [-0.2, 0) is 11.3 Å². The van der Waals surface area contributed by atoms with Crippen molar-refractivity contribution in [2.45, 2.75) is 39.2 Å². The van der Waals surface area contributed by atoms with Gasteiger partial charge < -0.3 is 9.88 Å². The zero-order valence-corrected chi connectivity index (χ0v) is 18.2. The summed E-state index contributed by atoms with van der Waals surface area (Å²) in [6.45, 7) is 2.71. The Balaban J connectivity index is 1.51. The molecule has 1 N–H and O–H groups in total. The monoisotopic (exact) mass is 436 g/mol. The molecule has 160 valence electrons. The van der Waals surface area contributed by atoms with Crippen molar-refractivity contribution in [2.24, 2.45) is 0 Å². The number of aromatic nitrogens is 3. The molecule has 2 aromatic heterocycles. The van der Waals surface area contributed by atoms with E-state index < -0.39 is 0 Å². The number of pyridine rings is 1. The summed E-state index contributed by atoms with van der Waals surface area (Å²) in [7, 11) is 0. The lowest BCUT2D eigenvalue weighted by atomic mass is 10.1. The first-order valence-corrected chi connectivity index (χ1v) is 10.7. The van der Waals surface area contributed by atoms with Crippen LogP contribution in [-0.4, -0.2) is 26.2 Å². The minimum absolute atomic E-state index is 0.0510. The third-order valence-electron chi connectivity index (χ3n) is 4.65. The van der Waals surface area contributed by atoms with Gasteiger partial charge >= 0.3 is 0 Å². The molecule has 1 aromatic carbocycles. The predicted octanol–water partition coefficient (Wildman–Crippen LogP) is 5.39. The van der Waals surface area contributed by atoms with Crippen LogP contribution in [0.3, 0.4) is 0 Å². The zero-order chi connectivity index (χ0) is 22.1. The Morgan fingerprint density at radius 3 is 2.77 bits per heavy atom. The first-order chi connectivity index (χ1) is 15.0. The number of hydrogen-bond acceptors (Lipinski definition) is 4. The number of unbranched alkanes of at least 4 members (excludes halogenated alkanes) is 2. The van der Waals surface area contributed by atoms with Crippen LogP contribution in [0.2, 0.25) is 5.02 Å². The molecule has 0 atom stereocenters. The molecule has 0 saturated carbocycles. The van der Waals surface area contributed by atoms with Gasteiger partial charge in [0.05, 0.1) is 6.33 Å². The number of nitrogens with one attached hydrogen (secondary N) is 1. The largest absolute Gasteiger partial charge is 0.331 e. The molecule has 6 nitrogen and oxygen atoms in total.